The van der Waals surface area contributed by atoms with Crippen molar-refractivity contribution >= 4 is 11.5 Å². The van der Waals surface area contributed by atoms with Crippen LogP contribution in [0.2, 0.25) is 0 Å². The first kappa shape index (κ1) is 11.5. The third-order valence-electron chi connectivity index (χ3n) is 1.71. The zero-order valence-corrected chi connectivity index (χ0v) is 8.99. The monoisotopic (exact) mass is 207 g/mol. The molecule has 0 saturated heterocycles. The molecule has 4 heteroatoms. The lowest BCUT2D eigenvalue weighted by atomic mass is 10.4. The largest absolute Gasteiger partial charge is 0.384 e. The van der Waals surface area contributed by atoms with Crippen LogP contribution in [0.3, 0.4) is 0 Å². The molecule has 0 aliphatic carbocycles. The van der Waals surface area contributed by atoms with Gasteiger partial charge in [-0.2, -0.15) is 0 Å². The van der Waals surface area contributed by atoms with Gasteiger partial charge in [0.05, 0.1) is 25.1 Å². The minimum absolute atomic E-state index is 0.527. The fourth-order valence-corrected chi connectivity index (χ4v) is 1.02. The van der Waals surface area contributed by atoms with E-state index in [9.17, 15) is 0 Å². The van der Waals surface area contributed by atoms with E-state index < -0.39 is 0 Å². The number of ether oxygens (including phenoxy) is 1. The lowest BCUT2D eigenvalue weighted by Crippen LogP contribution is -2.10. The zero-order chi connectivity index (χ0) is 11.1. The zero-order valence-electron chi connectivity index (χ0n) is 8.99. The second-order valence-electron chi connectivity index (χ2n) is 3.41. The summed E-state index contributed by atoms with van der Waals surface area (Å²) in [4.78, 5) is 3.97. The average Bonchev–Trinajstić information content (AvgIpc) is 2.20. The van der Waals surface area contributed by atoms with Gasteiger partial charge in [0, 0.05) is 6.54 Å². The van der Waals surface area contributed by atoms with Crippen molar-refractivity contribution in [2.24, 2.45) is 0 Å². The molecule has 0 aliphatic heterocycles. The molecular weight excluding hydrogens is 190 g/mol. The molecule has 0 bridgehead atoms. The van der Waals surface area contributed by atoms with E-state index in [0.717, 1.165) is 17.8 Å². The molecule has 82 valence electrons. The molecule has 0 aromatic carbocycles. The molecule has 1 rings (SSSR count). The molecule has 0 radical (unpaired) electrons. The van der Waals surface area contributed by atoms with Crippen LogP contribution in [0.25, 0.3) is 0 Å². The first-order valence-electron chi connectivity index (χ1n) is 4.86. The number of hydrogen-bond acceptors (Lipinski definition) is 4. The molecule has 1 aromatic rings. The van der Waals surface area contributed by atoms with Gasteiger partial charge >= 0.3 is 0 Å². The minimum Gasteiger partial charge on any atom is -0.384 e. The smallest absolute Gasteiger partial charge is 0.123 e. The van der Waals surface area contributed by atoms with Gasteiger partial charge in [-0.15, -0.1) is 0 Å². The maximum atomic E-state index is 5.46. The maximum Gasteiger partial charge on any atom is 0.123 e. The molecule has 1 aromatic heterocycles. The highest BCUT2D eigenvalue weighted by Crippen LogP contribution is 2.05. The molecular formula is C11H17N3O. The topological polar surface area (TPSA) is 60.2 Å². The van der Waals surface area contributed by atoms with Crippen LogP contribution in [0.15, 0.2) is 30.5 Å². The van der Waals surface area contributed by atoms with Crippen LogP contribution in [0.4, 0.5) is 11.5 Å². The molecule has 3 N–H and O–H groups in total. The van der Waals surface area contributed by atoms with E-state index in [0.29, 0.717) is 19.0 Å². The molecule has 4 nitrogen and oxygen atoms in total. The summed E-state index contributed by atoms with van der Waals surface area (Å²) in [6.07, 6.45) is 1.70. The third-order valence-corrected chi connectivity index (χ3v) is 1.71. The van der Waals surface area contributed by atoms with Crippen LogP contribution in [0.5, 0.6) is 0 Å². The van der Waals surface area contributed by atoms with Gasteiger partial charge in [-0.05, 0) is 19.1 Å². The number of aromatic nitrogens is 1. The van der Waals surface area contributed by atoms with E-state index in [1.165, 1.54) is 0 Å². The van der Waals surface area contributed by atoms with Gasteiger partial charge in [-0.25, -0.2) is 4.98 Å². The van der Waals surface area contributed by atoms with Crippen LogP contribution in [-0.2, 0) is 4.74 Å². The van der Waals surface area contributed by atoms with E-state index in [4.69, 9.17) is 10.5 Å². The van der Waals surface area contributed by atoms with E-state index in [1.807, 2.05) is 13.0 Å². The average molecular weight is 207 g/mol. The van der Waals surface area contributed by atoms with Crippen molar-refractivity contribution in [1.82, 2.24) is 4.98 Å². The van der Waals surface area contributed by atoms with E-state index in [2.05, 4.69) is 16.9 Å². The highest BCUT2D eigenvalue weighted by atomic mass is 16.5. The molecule has 1 heterocycles. The van der Waals surface area contributed by atoms with Crippen molar-refractivity contribution in [3.63, 3.8) is 0 Å². The summed E-state index contributed by atoms with van der Waals surface area (Å²) in [5.74, 6) is 0.527. The molecule has 0 atom stereocenters. The predicted octanol–water partition coefficient (Wildman–Crippen LogP) is 1.67. The molecule has 0 amide bonds. The van der Waals surface area contributed by atoms with Gasteiger partial charge in [-0.3, -0.25) is 0 Å². The number of anilines is 2. The van der Waals surface area contributed by atoms with Crippen molar-refractivity contribution in [2.75, 3.05) is 30.8 Å². The summed E-state index contributed by atoms with van der Waals surface area (Å²) < 4.78 is 5.33. The van der Waals surface area contributed by atoms with E-state index in [1.54, 1.807) is 12.3 Å². The van der Waals surface area contributed by atoms with Crippen molar-refractivity contribution in [3.8, 4) is 0 Å². The first-order valence-corrected chi connectivity index (χ1v) is 4.86. The molecule has 15 heavy (non-hydrogen) atoms. The Morgan fingerprint density at radius 1 is 1.60 bits per heavy atom. The second kappa shape index (κ2) is 6.03. The Morgan fingerprint density at radius 2 is 2.40 bits per heavy atom. The van der Waals surface area contributed by atoms with E-state index >= 15 is 0 Å². The summed E-state index contributed by atoms with van der Waals surface area (Å²) in [5.41, 5.74) is 7.44. The van der Waals surface area contributed by atoms with E-state index in [-0.39, 0.29) is 0 Å². The van der Waals surface area contributed by atoms with Gasteiger partial charge in [-0.1, -0.05) is 12.2 Å². The van der Waals surface area contributed by atoms with Gasteiger partial charge in [0.2, 0.25) is 0 Å². The van der Waals surface area contributed by atoms with Crippen LogP contribution >= 0.6 is 0 Å². The fourth-order valence-electron chi connectivity index (χ4n) is 1.02. The quantitative estimate of drug-likeness (QED) is 0.550. The SMILES string of the molecule is C=C(C)COCCNc1ccc(N)nc1. The normalized spacial score (nSPS) is 9.93. The first-order chi connectivity index (χ1) is 7.18. The summed E-state index contributed by atoms with van der Waals surface area (Å²) >= 11 is 0. The van der Waals surface area contributed by atoms with Gasteiger partial charge in [0.15, 0.2) is 0 Å². The van der Waals surface area contributed by atoms with Gasteiger partial charge in [0.25, 0.3) is 0 Å². The lowest BCUT2D eigenvalue weighted by Gasteiger charge is -2.06. The molecule has 0 saturated carbocycles. The van der Waals surface area contributed by atoms with Gasteiger partial charge < -0.3 is 15.8 Å². The van der Waals surface area contributed by atoms with Gasteiger partial charge in [0.1, 0.15) is 5.82 Å². The summed E-state index contributed by atoms with van der Waals surface area (Å²) in [6.45, 7) is 7.70. The maximum absolute atomic E-state index is 5.46. The summed E-state index contributed by atoms with van der Waals surface area (Å²) in [7, 11) is 0. The Hall–Kier alpha value is -1.55. The molecule has 0 fully saturated rings. The molecule has 0 aliphatic rings. The second-order valence-corrected chi connectivity index (χ2v) is 3.41. The van der Waals surface area contributed by atoms with Crippen LogP contribution in [-0.4, -0.2) is 24.7 Å². The Kier molecular flexibility index (Phi) is 4.63. The number of nitrogens with two attached hydrogens (primary N) is 1. The highest BCUT2D eigenvalue weighted by molar-refractivity contribution is 5.45. The number of nitrogen functional groups attached to an aromatic ring is 1. The highest BCUT2D eigenvalue weighted by Gasteiger charge is 1.92. The Labute approximate surface area is 90.2 Å². The number of hydrogen-bond donors (Lipinski definition) is 2. The number of nitrogens with zero attached hydrogens (tertiary/aromatic N) is 1. The Bertz CT molecular complexity index is 308. The van der Waals surface area contributed by atoms with Crippen molar-refractivity contribution in [3.05, 3.63) is 30.5 Å². The summed E-state index contributed by atoms with van der Waals surface area (Å²) in [6, 6.07) is 3.65. The number of nitrogens with one attached hydrogen (secondary N) is 1. The molecule has 0 spiro atoms. The standard InChI is InChI=1S/C11H17N3O/c1-9(2)8-15-6-5-13-10-3-4-11(12)14-7-10/h3-4,7,13H,1,5-6,8H2,2H3,(H2,12,14). The third kappa shape index (κ3) is 5.02. The number of rotatable bonds is 6. The van der Waals surface area contributed by atoms with Crippen molar-refractivity contribution in [1.29, 1.82) is 0 Å². The minimum atomic E-state index is 0.527. The van der Waals surface area contributed by atoms with Crippen LogP contribution in [0, 0.1) is 0 Å². The van der Waals surface area contributed by atoms with Crippen LogP contribution in [0.1, 0.15) is 6.92 Å². The summed E-state index contributed by atoms with van der Waals surface area (Å²) in [5, 5.41) is 3.17. The predicted molar refractivity (Wildman–Crippen MR) is 62.8 cm³/mol. The number of pyridine rings is 1. The van der Waals surface area contributed by atoms with Crippen molar-refractivity contribution < 1.29 is 4.74 Å². The fraction of sp³-hybridized carbons (Fsp3) is 0.364. The Morgan fingerprint density at radius 3 is 3.00 bits per heavy atom. The van der Waals surface area contributed by atoms with Crippen LogP contribution < -0.4 is 11.1 Å². The van der Waals surface area contributed by atoms with Crippen molar-refractivity contribution in [2.45, 2.75) is 6.92 Å². The Balaban J connectivity index is 2.15. The molecule has 0 unspecified atom stereocenters. The lowest BCUT2D eigenvalue weighted by molar-refractivity contribution is 0.167.